The maximum Gasteiger partial charge on any atom is 0.201 e. The second-order valence-electron chi connectivity index (χ2n) is 16.1. The number of likely N-dealkylation sites (N-methyl/N-ethyl adjacent to an activating group) is 2. The number of carboxylic acids is 2. The number of benzene rings is 4. The predicted octanol–water partition coefficient (Wildman–Crippen LogP) is 4.95. The number of quaternary nitrogens is 2. The van der Waals surface area contributed by atoms with Gasteiger partial charge in [-0.05, 0) is 77.6 Å². The number of aliphatic carboxylic acids is 2. The van der Waals surface area contributed by atoms with Gasteiger partial charge in [-0.25, -0.2) is 0 Å². The molecule has 1 N–H and O–H groups in total. The molecule has 12 nitrogen and oxygen atoms in total. The molecule has 0 amide bonds. The van der Waals surface area contributed by atoms with E-state index in [1.807, 2.05) is 48.5 Å². The monoisotopic (exact) mass is 780 g/mol. The number of fused-ring (bicyclic) bond motifs is 2. The zero-order chi connectivity index (χ0) is 40.5. The van der Waals surface area contributed by atoms with E-state index in [1.54, 1.807) is 14.2 Å². The fourth-order valence-electron chi connectivity index (χ4n) is 9.28. The smallest absolute Gasteiger partial charge is 0.201 e. The lowest BCUT2D eigenvalue weighted by Crippen LogP contribution is -2.53. The van der Waals surface area contributed by atoms with E-state index in [9.17, 15) is 24.9 Å². The molecule has 4 aromatic rings. The van der Waals surface area contributed by atoms with Crippen molar-refractivity contribution in [2.75, 3.05) is 61.6 Å². The number of ether oxygens (including phenoxy) is 5. The van der Waals surface area contributed by atoms with E-state index in [2.05, 4.69) is 26.2 Å². The SMILES string of the molecule is COc1ccc2cc1Oc1ccc(cc1)CC1c3cc(c(OC)cc3CC[N+]1(C)CCCC(=O)[O-])Oc1c(O)c(OC)cc3c1C(C2)[N+](C)(CCCC(=O)[O-])CC3. The molecule has 4 aliphatic rings. The summed E-state index contributed by atoms with van der Waals surface area (Å²) in [5.41, 5.74) is 5.99. The first-order chi connectivity index (χ1) is 27.3. The van der Waals surface area contributed by atoms with Gasteiger partial charge >= 0.3 is 0 Å². The normalized spacial score (nSPS) is 22.2. The molecular weight excluding hydrogens is 728 g/mol. The molecule has 0 saturated heterocycles. The molecule has 4 aromatic carbocycles. The van der Waals surface area contributed by atoms with Crippen LogP contribution in [-0.2, 0) is 35.3 Å². The highest BCUT2D eigenvalue weighted by atomic mass is 16.5. The highest BCUT2D eigenvalue weighted by Crippen LogP contribution is 2.53. The molecular formula is C45H52N2O10. The van der Waals surface area contributed by atoms with Crippen LogP contribution in [0.3, 0.4) is 0 Å². The Hall–Kier alpha value is -5.46. The van der Waals surface area contributed by atoms with Gasteiger partial charge in [0.25, 0.3) is 0 Å². The van der Waals surface area contributed by atoms with E-state index < -0.39 is 11.9 Å². The molecule has 57 heavy (non-hydrogen) atoms. The molecule has 4 heterocycles. The highest BCUT2D eigenvalue weighted by Gasteiger charge is 2.44. The number of carbonyl (C=O) groups is 2. The summed E-state index contributed by atoms with van der Waals surface area (Å²) in [5, 5.41) is 35.1. The molecule has 302 valence electrons. The zero-order valence-electron chi connectivity index (χ0n) is 33.4. The number of aromatic hydroxyl groups is 1. The summed E-state index contributed by atoms with van der Waals surface area (Å²) >= 11 is 0. The molecule has 4 atom stereocenters. The molecule has 8 rings (SSSR count). The van der Waals surface area contributed by atoms with Crippen molar-refractivity contribution in [1.82, 2.24) is 0 Å². The Morgan fingerprint density at radius 2 is 1.26 bits per heavy atom. The van der Waals surface area contributed by atoms with Gasteiger partial charge in [0.05, 0.1) is 67.2 Å². The van der Waals surface area contributed by atoms with Gasteiger partial charge < -0.3 is 57.6 Å². The fourth-order valence-corrected chi connectivity index (χ4v) is 9.28. The Morgan fingerprint density at radius 3 is 1.89 bits per heavy atom. The summed E-state index contributed by atoms with van der Waals surface area (Å²) in [6.45, 7) is 2.69. The average molecular weight is 781 g/mol. The summed E-state index contributed by atoms with van der Waals surface area (Å²) < 4.78 is 32.1. The Morgan fingerprint density at radius 1 is 0.702 bits per heavy atom. The van der Waals surface area contributed by atoms with Crippen LogP contribution >= 0.6 is 0 Å². The molecule has 12 heteroatoms. The molecule has 4 unspecified atom stereocenters. The molecule has 0 radical (unpaired) electrons. The average Bonchev–Trinajstić information content (AvgIpc) is 3.18. The van der Waals surface area contributed by atoms with Crippen molar-refractivity contribution in [3.63, 3.8) is 0 Å². The third kappa shape index (κ3) is 8.06. The Labute approximate surface area is 333 Å². The number of phenols is 1. The largest absolute Gasteiger partial charge is 0.550 e. The second kappa shape index (κ2) is 16.2. The van der Waals surface area contributed by atoms with E-state index in [0.717, 1.165) is 46.3 Å². The first kappa shape index (κ1) is 39.8. The number of nitrogens with zero attached hydrogens (tertiary/aromatic N) is 2. The zero-order valence-corrected chi connectivity index (χ0v) is 33.4. The van der Waals surface area contributed by atoms with Gasteiger partial charge in [-0.2, -0.15) is 0 Å². The van der Waals surface area contributed by atoms with Crippen LogP contribution in [0.5, 0.6) is 46.0 Å². The molecule has 0 saturated carbocycles. The molecule has 0 aliphatic carbocycles. The van der Waals surface area contributed by atoms with Gasteiger partial charge in [-0.1, -0.05) is 18.2 Å². The number of rotatable bonds is 11. The van der Waals surface area contributed by atoms with E-state index in [4.69, 9.17) is 23.7 Å². The summed E-state index contributed by atoms with van der Waals surface area (Å²) in [6, 6.07) is 19.5. The fraction of sp³-hybridized carbons (Fsp3) is 0.422. The summed E-state index contributed by atoms with van der Waals surface area (Å²) in [7, 11) is 9.04. The van der Waals surface area contributed by atoms with Crippen LogP contribution in [0.2, 0.25) is 0 Å². The minimum absolute atomic E-state index is 0.0207. The van der Waals surface area contributed by atoms with Crippen molar-refractivity contribution in [2.45, 2.75) is 63.5 Å². The number of carbonyl (C=O) groups excluding carboxylic acids is 2. The van der Waals surface area contributed by atoms with Gasteiger partial charge in [0.1, 0.15) is 17.8 Å². The van der Waals surface area contributed by atoms with Crippen LogP contribution in [0.4, 0.5) is 0 Å². The summed E-state index contributed by atoms with van der Waals surface area (Å²) in [6.07, 6.45) is 3.34. The third-order valence-electron chi connectivity index (χ3n) is 12.5. The lowest BCUT2D eigenvalue weighted by Gasteiger charge is -2.47. The Balaban J connectivity index is 1.46. The molecule has 6 bridgehead atoms. The van der Waals surface area contributed by atoms with Crippen LogP contribution in [0, 0.1) is 0 Å². The molecule has 0 fully saturated rings. The van der Waals surface area contributed by atoms with Crippen LogP contribution in [-0.4, -0.2) is 87.6 Å². The van der Waals surface area contributed by atoms with E-state index in [1.165, 1.54) is 7.11 Å². The molecule has 0 spiro atoms. The minimum Gasteiger partial charge on any atom is -0.550 e. The second-order valence-corrected chi connectivity index (χ2v) is 16.1. The first-order valence-electron chi connectivity index (χ1n) is 19.7. The first-order valence-corrected chi connectivity index (χ1v) is 19.7. The number of hydrogen-bond donors (Lipinski definition) is 1. The van der Waals surface area contributed by atoms with Crippen molar-refractivity contribution in [1.29, 1.82) is 0 Å². The van der Waals surface area contributed by atoms with Crippen LogP contribution < -0.4 is 33.9 Å². The Kier molecular flexibility index (Phi) is 11.3. The van der Waals surface area contributed by atoms with Crippen LogP contribution in [0.15, 0.2) is 60.7 Å². The number of methoxy groups -OCH3 is 3. The van der Waals surface area contributed by atoms with Crippen molar-refractivity contribution in [3.05, 3.63) is 94.0 Å². The van der Waals surface area contributed by atoms with Gasteiger partial charge in [0, 0.05) is 56.0 Å². The third-order valence-corrected chi connectivity index (χ3v) is 12.5. The topological polar surface area (TPSA) is 147 Å². The van der Waals surface area contributed by atoms with Gasteiger partial charge in [-0.15, -0.1) is 0 Å². The van der Waals surface area contributed by atoms with Gasteiger partial charge in [-0.3, -0.25) is 0 Å². The lowest BCUT2D eigenvalue weighted by atomic mass is 9.84. The van der Waals surface area contributed by atoms with Crippen molar-refractivity contribution < 1.29 is 57.6 Å². The van der Waals surface area contributed by atoms with Crippen molar-refractivity contribution >= 4 is 11.9 Å². The number of phenolic OH excluding ortho intramolecular Hbond substituents is 1. The number of hydrogen-bond acceptors (Lipinski definition) is 10. The maximum absolute atomic E-state index is 12.0. The van der Waals surface area contributed by atoms with E-state index in [0.29, 0.717) is 89.5 Å². The van der Waals surface area contributed by atoms with Crippen molar-refractivity contribution in [3.8, 4) is 46.0 Å². The minimum atomic E-state index is -1.09. The molecule has 0 aromatic heterocycles. The molecule has 4 aliphatic heterocycles. The Bertz CT molecular complexity index is 2150. The quantitative estimate of drug-likeness (QED) is 0.208. The maximum atomic E-state index is 12.0. The van der Waals surface area contributed by atoms with Gasteiger partial charge in [0.15, 0.2) is 34.5 Å². The summed E-state index contributed by atoms with van der Waals surface area (Å²) in [4.78, 5) is 23.1. The van der Waals surface area contributed by atoms with Gasteiger partial charge in [0.2, 0.25) is 5.75 Å². The number of carboxylic acid groups (broad SMARTS) is 2. The lowest BCUT2D eigenvalue weighted by molar-refractivity contribution is -0.941. The van der Waals surface area contributed by atoms with E-state index in [-0.39, 0.29) is 42.2 Å². The summed E-state index contributed by atoms with van der Waals surface area (Å²) in [5.74, 6) is 0.976. The predicted molar refractivity (Wildman–Crippen MR) is 208 cm³/mol. The van der Waals surface area contributed by atoms with Crippen LogP contribution in [0.1, 0.15) is 71.1 Å². The van der Waals surface area contributed by atoms with E-state index >= 15 is 0 Å². The van der Waals surface area contributed by atoms with Crippen LogP contribution in [0.25, 0.3) is 0 Å². The van der Waals surface area contributed by atoms with Crippen molar-refractivity contribution in [2.24, 2.45) is 0 Å². The highest BCUT2D eigenvalue weighted by molar-refractivity contribution is 5.65. The standard InChI is InChI=1S/C45H52N2O10/c1-46(18-6-8-41(48)49)20-16-30-25-37(54-4)39-27-33(30)34(46)22-28-10-13-32(14-11-28)56-38-24-29(12-15-36(38)53-3)23-35-43-31(26-40(55-5)44(52)45(43)57-39)17-21-47(35,2)19-7-9-42(50)51/h10-15,24-27,34-35H,6-9,16-23H2,1-5H3,(H-2,48,49,50,51,52).